The molecular formula is C14H19FN2O2. The molecule has 2 atom stereocenters. The molecule has 1 heterocycles. The van der Waals surface area contributed by atoms with Crippen LogP contribution in [0.2, 0.25) is 0 Å². The van der Waals surface area contributed by atoms with Gasteiger partial charge in [-0.1, -0.05) is 13.3 Å². The molecule has 0 saturated heterocycles. The second-order valence-electron chi connectivity index (χ2n) is 4.54. The molecule has 0 aliphatic heterocycles. The first-order chi connectivity index (χ1) is 9.19. The molecule has 2 rings (SSSR count). The number of halogens is 1. The lowest BCUT2D eigenvalue weighted by molar-refractivity contribution is 0.0542. The van der Waals surface area contributed by atoms with E-state index < -0.39 is 0 Å². The lowest BCUT2D eigenvalue weighted by Crippen LogP contribution is -2.37. The van der Waals surface area contributed by atoms with E-state index in [1.165, 1.54) is 12.1 Å². The molecule has 0 bridgehead atoms. The predicted molar refractivity (Wildman–Crippen MR) is 71.9 cm³/mol. The van der Waals surface area contributed by atoms with Crippen molar-refractivity contribution in [3.63, 3.8) is 0 Å². The summed E-state index contributed by atoms with van der Waals surface area (Å²) < 4.78 is 24.3. The third-order valence-corrected chi connectivity index (χ3v) is 3.23. The summed E-state index contributed by atoms with van der Waals surface area (Å²) in [5.74, 6) is 5.97. The summed E-state index contributed by atoms with van der Waals surface area (Å²) in [5.41, 5.74) is 3.36. The number of rotatable bonds is 6. The molecule has 2 unspecified atom stereocenters. The number of methoxy groups -OCH3 is 1. The van der Waals surface area contributed by atoms with Gasteiger partial charge in [0, 0.05) is 12.5 Å². The van der Waals surface area contributed by atoms with Gasteiger partial charge in [0.15, 0.2) is 0 Å². The SMILES string of the molecule is CCCC(OC)C(NN)c1cc2cc(F)ccc2o1. The lowest BCUT2D eigenvalue weighted by atomic mass is 10.0. The van der Waals surface area contributed by atoms with E-state index in [0.29, 0.717) is 11.3 Å². The van der Waals surface area contributed by atoms with E-state index in [9.17, 15) is 4.39 Å². The van der Waals surface area contributed by atoms with Gasteiger partial charge in [-0.2, -0.15) is 0 Å². The lowest BCUT2D eigenvalue weighted by Gasteiger charge is -2.23. The van der Waals surface area contributed by atoms with E-state index in [2.05, 4.69) is 12.3 Å². The summed E-state index contributed by atoms with van der Waals surface area (Å²) >= 11 is 0. The van der Waals surface area contributed by atoms with Crippen molar-refractivity contribution in [3.8, 4) is 0 Å². The molecule has 0 fully saturated rings. The molecule has 3 N–H and O–H groups in total. The van der Waals surface area contributed by atoms with Crippen LogP contribution in [0.1, 0.15) is 31.6 Å². The van der Waals surface area contributed by atoms with Gasteiger partial charge in [0.05, 0.1) is 6.10 Å². The summed E-state index contributed by atoms with van der Waals surface area (Å²) in [4.78, 5) is 0. The number of nitrogens with two attached hydrogens (primary N) is 1. The van der Waals surface area contributed by atoms with Gasteiger partial charge in [0.25, 0.3) is 0 Å². The highest BCUT2D eigenvalue weighted by Crippen LogP contribution is 2.28. The zero-order chi connectivity index (χ0) is 13.8. The second kappa shape index (κ2) is 6.14. The Morgan fingerprint density at radius 1 is 1.42 bits per heavy atom. The summed E-state index contributed by atoms with van der Waals surface area (Å²) in [5, 5.41) is 0.724. The van der Waals surface area contributed by atoms with E-state index in [4.69, 9.17) is 15.0 Å². The van der Waals surface area contributed by atoms with Crippen molar-refractivity contribution >= 4 is 11.0 Å². The Morgan fingerprint density at radius 3 is 2.84 bits per heavy atom. The maximum absolute atomic E-state index is 13.2. The summed E-state index contributed by atoms with van der Waals surface area (Å²) in [6.45, 7) is 2.08. The molecular weight excluding hydrogens is 247 g/mol. The molecule has 0 saturated carbocycles. The Morgan fingerprint density at radius 2 is 2.21 bits per heavy atom. The van der Waals surface area contributed by atoms with Gasteiger partial charge in [-0.25, -0.2) is 9.82 Å². The van der Waals surface area contributed by atoms with Crippen LogP contribution in [-0.2, 0) is 4.74 Å². The molecule has 0 radical (unpaired) electrons. The van der Waals surface area contributed by atoms with Crippen LogP contribution in [0.25, 0.3) is 11.0 Å². The zero-order valence-corrected chi connectivity index (χ0v) is 11.2. The molecule has 0 amide bonds. The first-order valence-electron chi connectivity index (χ1n) is 6.37. The summed E-state index contributed by atoms with van der Waals surface area (Å²) in [7, 11) is 1.65. The Hall–Kier alpha value is -1.43. The minimum absolute atomic E-state index is 0.0830. The van der Waals surface area contributed by atoms with E-state index in [0.717, 1.165) is 18.2 Å². The molecule has 104 valence electrons. The van der Waals surface area contributed by atoms with Gasteiger partial charge >= 0.3 is 0 Å². The topological polar surface area (TPSA) is 60.4 Å². The highest BCUT2D eigenvalue weighted by atomic mass is 19.1. The Bertz CT molecular complexity index is 541. The van der Waals surface area contributed by atoms with Gasteiger partial charge in [-0.3, -0.25) is 5.84 Å². The van der Waals surface area contributed by atoms with Crippen LogP contribution in [0.3, 0.4) is 0 Å². The first kappa shape index (κ1) is 14.0. The molecule has 2 aromatic rings. The molecule has 0 aliphatic rings. The Kier molecular flexibility index (Phi) is 4.52. The Labute approximate surface area is 111 Å². The molecule has 0 aliphatic carbocycles. The summed E-state index contributed by atoms with van der Waals surface area (Å²) in [6, 6.07) is 5.98. The van der Waals surface area contributed by atoms with Crippen molar-refractivity contribution in [2.45, 2.75) is 31.9 Å². The van der Waals surface area contributed by atoms with Crippen LogP contribution in [0, 0.1) is 5.82 Å². The number of furan rings is 1. The number of benzene rings is 1. The number of ether oxygens (including phenoxy) is 1. The van der Waals surface area contributed by atoms with Crippen molar-refractivity contribution in [3.05, 3.63) is 35.8 Å². The Balaban J connectivity index is 2.34. The predicted octanol–water partition coefficient (Wildman–Crippen LogP) is 2.89. The van der Waals surface area contributed by atoms with Crippen LogP contribution in [0.4, 0.5) is 4.39 Å². The normalized spacial score (nSPS) is 14.7. The van der Waals surface area contributed by atoms with Crippen LogP contribution in [0.5, 0.6) is 0 Å². The van der Waals surface area contributed by atoms with E-state index in [1.54, 1.807) is 19.2 Å². The van der Waals surface area contributed by atoms with E-state index in [-0.39, 0.29) is 18.0 Å². The van der Waals surface area contributed by atoms with Gasteiger partial charge in [0.1, 0.15) is 23.2 Å². The largest absolute Gasteiger partial charge is 0.459 e. The highest BCUT2D eigenvalue weighted by Gasteiger charge is 2.24. The van der Waals surface area contributed by atoms with Crippen LogP contribution < -0.4 is 11.3 Å². The third-order valence-electron chi connectivity index (χ3n) is 3.23. The molecule has 1 aromatic carbocycles. The van der Waals surface area contributed by atoms with Crippen LogP contribution in [0.15, 0.2) is 28.7 Å². The second-order valence-corrected chi connectivity index (χ2v) is 4.54. The van der Waals surface area contributed by atoms with Crippen molar-refractivity contribution in [1.82, 2.24) is 5.43 Å². The first-order valence-corrected chi connectivity index (χ1v) is 6.37. The minimum atomic E-state index is -0.283. The number of fused-ring (bicyclic) bond motifs is 1. The van der Waals surface area contributed by atoms with Gasteiger partial charge in [0.2, 0.25) is 0 Å². The summed E-state index contributed by atoms with van der Waals surface area (Å²) in [6.07, 6.45) is 1.75. The molecule has 4 nitrogen and oxygen atoms in total. The van der Waals surface area contributed by atoms with Crippen molar-refractivity contribution in [1.29, 1.82) is 0 Å². The van der Waals surface area contributed by atoms with Crippen LogP contribution >= 0.6 is 0 Å². The zero-order valence-electron chi connectivity index (χ0n) is 11.2. The third kappa shape index (κ3) is 2.94. The standard InChI is InChI=1S/C14H19FN2O2/c1-3-4-12(18-2)14(17-16)13-8-9-7-10(15)5-6-11(9)19-13/h5-8,12,14,17H,3-4,16H2,1-2H3. The van der Waals surface area contributed by atoms with E-state index in [1.807, 2.05) is 0 Å². The maximum Gasteiger partial charge on any atom is 0.134 e. The van der Waals surface area contributed by atoms with Crippen LogP contribution in [-0.4, -0.2) is 13.2 Å². The fraction of sp³-hybridized carbons (Fsp3) is 0.429. The fourth-order valence-electron chi connectivity index (χ4n) is 2.27. The average molecular weight is 266 g/mol. The van der Waals surface area contributed by atoms with Gasteiger partial charge in [-0.15, -0.1) is 0 Å². The number of hydrazine groups is 1. The number of nitrogens with one attached hydrogen (secondary N) is 1. The monoisotopic (exact) mass is 266 g/mol. The van der Waals surface area contributed by atoms with Crippen molar-refractivity contribution in [2.24, 2.45) is 5.84 Å². The smallest absolute Gasteiger partial charge is 0.134 e. The van der Waals surface area contributed by atoms with E-state index >= 15 is 0 Å². The molecule has 0 spiro atoms. The molecule has 1 aromatic heterocycles. The average Bonchev–Trinajstić information content (AvgIpc) is 2.81. The van der Waals surface area contributed by atoms with Gasteiger partial charge in [-0.05, 0) is 30.7 Å². The maximum atomic E-state index is 13.2. The van der Waals surface area contributed by atoms with Crippen molar-refractivity contribution in [2.75, 3.05) is 7.11 Å². The fourth-order valence-corrected chi connectivity index (χ4v) is 2.27. The minimum Gasteiger partial charge on any atom is -0.459 e. The number of hydrogen-bond acceptors (Lipinski definition) is 4. The quantitative estimate of drug-likeness (QED) is 0.623. The molecule has 19 heavy (non-hydrogen) atoms. The molecule has 5 heteroatoms. The van der Waals surface area contributed by atoms with Crippen molar-refractivity contribution < 1.29 is 13.5 Å². The van der Waals surface area contributed by atoms with Gasteiger partial charge < -0.3 is 9.15 Å². The number of hydrogen-bond donors (Lipinski definition) is 2. The highest BCUT2D eigenvalue weighted by molar-refractivity contribution is 5.78.